The Kier molecular flexibility index (Phi) is 4.63. The lowest BCUT2D eigenvalue weighted by Gasteiger charge is -2.16. The zero-order valence-corrected chi connectivity index (χ0v) is 12.2. The van der Waals surface area contributed by atoms with Crippen LogP contribution in [-0.4, -0.2) is 24.2 Å². The zero-order chi connectivity index (χ0) is 14.5. The van der Waals surface area contributed by atoms with Crippen molar-refractivity contribution in [3.8, 4) is 17.2 Å². The van der Waals surface area contributed by atoms with Crippen LogP contribution < -0.4 is 14.2 Å². The van der Waals surface area contributed by atoms with Gasteiger partial charge in [-0.15, -0.1) is 0 Å². The fourth-order valence-electron chi connectivity index (χ4n) is 1.70. The minimum atomic E-state index is -0.205. The minimum Gasteiger partial charge on any atom is -0.497 e. The molecule has 5 nitrogen and oxygen atoms in total. The Morgan fingerprint density at radius 1 is 0.950 bits per heavy atom. The number of hydrogen-bond acceptors (Lipinski definition) is 5. The summed E-state index contributed by atoms with van der Waals surface area (Å²) in [4.78, 5) is 7.75. The molecule has 2 aromatic rings. The van der Waals surface area contributed by atoms with E-state index in [-0.39, 0.29) is 11.4 Å². The summed E-state index contributed by atoms with van der Waals surface area (Å²) in [7, 11) is 3.22. The summed E-state index contributed by atoms with van der Waals surface area (Å²) >= 11 is 5.63. The molecule has 1 atom stereocenters. The van der Waals surface area contributed by atoms with Crippen molar-refractivity contribution in [1.29, 1.82) is 0 Å². The maximum absolute atomic E-state index is 5.76. The molecule has 1 heterocycles. The number of nitrogens with zero attached hydrogens (tertiary/aromatic N) is 2. The van der Waals surface area contributed by atoms with Gasteiger partial charge >= 0.3 is 0 Å². The standard InChI is InChI=1S/C14H15ClN2O3/c1-9(20-13-7-16-14(15)17-8-13)10-4-11(18-2)6-12(5-10)19-3/h4-9H,1-3H3/t9-/m0/s1. The average Bonchev–Trinajstić information content (AvgIpc) is 2.48. The maximum atomic E-state index is 5.76. The third-order valence-corrected chi connectivity index (χ3v) is 2.95. The fourth-order valence-corrected chi connectivity index (χ4v) is 1.80. The van der Waals surface area contributed by atoms with Gasteiger partial charge in [0.15, 0.2) is 5.75 Å². The topological polar surface area (TPSA) is 53.5 Å². The number of rotatable bonds is 5. The number of aromatic nitrogens is 2. The van der Waals surface area contributed by atoms with Crippen molar-refractivity contribution in [3.05, 3.63) is 41.4 Å². The van der Waals surface area contributed by atoms with Gasteiger partial charge in [0.05, 0.1) is 26.6 Å². The average molecular weight is 295 g/mol. The van der Waals surface area contributed by atoms with E-state index in [4.69, 9.17) is 25.8 Å². The SMILES string of the molecule is COc1cc(OC)cc([C@H](C)Oc2cnc(Cl)nc2)c1. The molecular weight excluding hydrogens is 280 g/mol. The number of benzene rings is 1. The normalized spacial score (nSPS) is 11.8. The van der Waals surface area contributed by atoms with Crippen LogP contribution >= 0.6 is 11.6 Å². The predicted molar refractivity (Wildman–Crippen MR) is 75.6 cm³/mol. The molecule has 0 saturated carbocycles. The molecule has 2 rings (SSSR count). The molecule has 0 radical (unpaired) electrons. The third kappa shape index (κ3) is 3.51. The van der Waals surface area contributed by atoms with Crippen LogP contribution in [0.1, 0.15) is 18.6 Å². The Hall–Kier alpha value is -2.01. The van der Waals surface area contributed by atoms with E-state index in [0.29, 0.717) is 17.2 Å². The van der Waals surface area contributed by atoms with E-state index >= 15 is 0 Å². The lowest BCUT2D eigenvalue weighted by molar-refractivity contribution is 0.224. The van der Waals surface area contributed by atoms with Crippen LogP contribution in [0.2, 0.25) is 5.28 Å². The van der Waals surface area contributed by atoms with Gasteiger partial charge in [-0.25, -0.2) is 9.97 Å². The third-order valence-electron chi connectivity index (χ3n) is 2.75. The van der Waals surface area contributed by atoms with Gasteiger partial charge in [-0.05, 0) is 36.2 Å². The Balaban J connectivity index is 2.19. The van der Waals surface area contributed by atoms with Gasteiger partial charge in [-0.2, -0.15) is 0 Å². The first kappa shape index (κ1) is 14.4. The van der Waals surface area contributed by atoms with Crippen molar-refractivity contribution in [2.45, 2.75) is 13.0 Å². The zero-order valence-electron chi connectivity index (χ0n) is 11.5. The van der Waals surface area contributed by atoms with Crippen LogP contribution in [0.5, 0.6) is 17.2 Å². The minimum absolute atomic E-state index is 0.188. The summed E-state index contributed by atoms with van der Waals surface area (Å²) in [6.07, 6.45) is 2.86. The lowest BCUT2D eigenvalue weighted by atomic mass is 10.1. The maximum Gasteiger partial charge on any atom is 0.222 e. The Morgan fingerprint density at radius 3 is 2.00 bits per heavy atom. The molecule has 0 unspecified atom stereocenters. The van der Waals surface area contributed by atoms with Gasteiger partial charge in [0, 0.05) is 6.07 Å². The van der Waals surface area contributed by atoms with Crippen molar-refractivity contribution in [2.75, 3.05) is 14.2 Å². The van der Waals surface area contributed by atoms with E-state index in [1.807, 2.05) is 25.1 Å². The molecule has 0 aliphatic heterocycles. The highest BCUT2D eigenvalue weighted by Gasteiger charge is 2.11. The molecule has 0 spiro atoms. The summed E-state index contributed by atoms with van der Waals surface area (Å²) in [5.74, 6) is 1.97. The van der Waals surface area contributed by atoms with Crippen LogP contribution in [0, 0.1) is 0 Å². The number of ether oxygens (including phenoxy) is 3. The van der Waals surface area contributed by atoms with Crippen molar-refractivity contribution in [2.24, 2.45) is 0 Å². The van der Waals surface area contributed by atoms with Crippen LogP contribution in [0.25, 0.3) is 0 Å². The fraction of sp³-hybridized carbons (Fsp3) is 0.286. The smallest absolute Gasteiger partial charge is 0.222 e. The van der Waals surface area contributed by atoms with E-state index in [0.717, 1.165) is 5.56 Å². The summed E-state index contributed by atoms with van der Waals surface area (Å²) < 4.78 is 16.2. The molecular formula is C14H15ClN2O3. The monoisotopic (exact) mass is 294 g/mol. The van der Waals surface area contributed by atoms with Gasteiger partial charge in [-0.3, -0.25) is 0 Å². The first-order valence-electron chi connectivity index (χ1n) is 5.99. The number of hydrogen-bond donors (Lipinski definition) is 0. The largest absolute Gasteiger partial charge is 0.497 e. The van der Waals surface area contributed by atoms with Gasteiger partial charge in [0.2, 0.25) is 5.28 Å². The molecule has 20 heavy (non-hydrogen) atoms. The summed E-state index contributed by atoms with van der Waals surface area (Å²) in [5, 5.41) is 0.188. The van der Waals surface area contributed by atoms with Gasteiger partial charge in [0.25, 0.3) is 0 Å². The van der Waals surface area contributed by atoms with Crippen LogP contribution in [-0.2, 0) is 0 Å². The summed E-state index contributed by atoms with van der Waals surface area (Å²) in [5.41, 5.74) is 0.927. The molecule has 0 bridgehead atoms. The highest BCUT2D eigenvalue weighted by atomic mass is 35.5. The van der Waals surface area contributed by atoms with Crippen LogP contribution in [0.3, 0.4) is 0 Å². The molecule has 106 valence electrons. The Morgan fingerprint density at radius 2 is 1.50 bits per heavy atom. The van der Waals surface area contributed by atoms with Gasteiger partial charge < -0.3 is 14.2 Å². The lowest BCUT2D eigenvalue weighted by Crippen LogP contribution is -2.04. The van der Waals surface area contributed by atoms with E-state index in [1.54, 1.807) is 14.2 Å². The number of methoxy groups -OCH3 is 2. The van der Waals surface area contributed by atoms with E-state index in [2.05, 4.69) is 9.97 Å². The van der Waals surface area contributed by atoms with Crippen LogP contribution in [0.4, 0.5) is 0 Å². The van der Waals surface area contributed by atoms with Gasteiger partial charge in [-0.1, -0.05) is 0 Å². The Bertz CT molecular complexity index is 553. The highest BCUT2D eigenvalue weighted by molar-refractivity contribution is 6.28. The highest BCUT2D eigenvalue weighted by Crippen LogP contribution is 2.28. The van der Waals surface area contributed by atoms with Crippen LogP contribution in [0.15, 0.2) is 30.6 Å². The van der Waals surface area contributed by atoms with Crippen molar-refractivity contribution >= 4 is 11.6 Å². The number of halogens is 1. The first-order chi connectivity index (χ1) is 9.62. The Labute approximate surface area is 122 Å². The molecule has 0 N–H and O–H groups in total. The quantitative estimate of drug-likeness (QED) is 0.792. The van der Waals surface area contributed by atoms with E-state index in [9.17, 15) is 0 Å². The second-order valence-electron chi connectivity index (χ2n) is 4.09. The molecule has 0 aliphatic carbocycles. The second-order valence-corrected chi connectivity index (χ2v) is 4.43. The summed E-state index contributed by atoms with van der Waals surface area (Å²) in [6.45, 7) is 1.92. The van der Waals surface area contributed by atoms with E-state index < -0.39 is 0 Å². The van der Waals surface area contributed by atoms with Crippen molar-refractivity contribution < 1.29 is 14.2 Å². The molecule has 1 aromatic heterocycles. The molecule has 0 amide bonds. The van der Waals surface area contributed by atoms with Crippen molar-refractivity contribution in [3.63, 3.8) is 0 Å². The summed E-state index contributed by atoms with van der Waals surface area (Å²) in [6, 6.07) is 5.59. The van der Waals surface area contributed by atoms with E-state index in [1.165, 1.54) is 12.4 Å². The molecule has 0 saturated heterocycles. The van der Waals surface area contributed by atoms with Gasteiger partial charge in [0.1, 0.15) is 17.6 Å². The first-order valence-corrected chi connectivity index (χ1v) is 6.37. The predicted octanol–water partition coefficient (Wildman–Crippen LogP) is 3.29. The molecule has 0 aliphatic rings. The van der Waals surface area contributed by atoms with Crippen molar-refractivity contribution in [1.82, 2.24) is 9.97 Å². The second kappa shape index (κ2) is 6.43. The molecule has 1 aromatic carbocycles. The molecule has 6 heteroatoms. The molecule has 0 fully saturated rings.